The number of alkyl halides is 3. The van der Waals surface area contributed by atoms with Crippen LogP contribution >= 0.6 is 0 Å². The van der Waals surface area contributed by atoms with Gasteiger partial charge < -0.3 is 15.4 Å². The molecule has 3 N–H and O–H groups in total. The van der Waals surface area contributed by atoms with Gasteiger partial charge in [-0.1, -0.05) is 0 Å². The molecule has 8 nitrogen and oxygen atoms in total. The van der Waals surface area contributed by atoms with Crippen molar-refractivity contribution in [1.29, 1.82) is 0 Å². The van der Waals surface area contributed by atoms with E-state index < -0.39 is 48.7 Å². The van der Waals surface area contributed by atoms with Crippen LogP contribution < -0.4 is 16.0 Å². The molecule has 27 heavy (non-hydrogen) atoms. The van der Waals surface area contributed by atoms with Crippen LogP contribution in [0.5, 0.6) is 0 Å². The molecule has 1 aromatic carbocycles. The van der Waals surface area contributed by atoms with E-state index in [-0.39, 0.29) is 11.6 Å². The fraction of sp³-hybridized carbons (Fsp3) is 0.375. The molecule has 0 aliphatic heterocycles. The van der Waals surface area contributed by atoms with E-state index in [4.69, 9.17) is 0 Å². The molecule has 1 fully saturated rings. The number of carbonyl (C=O) groups excluding carboxylic acids is 4. The number of amides is 4. The van der Waals surface area contributed by atoms with Crippen LogP contribution in [0.1, 0.15) is 28.8 Å². The summed E-state index contributed by atoms with van der Waals surface area (Å²) in [5.41, 5.74) is -0.986. The van der Waals surface area contributed by atoms with Crippen molar-refractivity contribution >= 4 is 23.8 Å². The Morgan fingerprint density at radius 1 is 1.07 bits per heavy atom. The lowest BCUT2D eigenvalue weighted by Crippen LogP contribution is -2.42. The van der Waals surface area contributed by atoms with E-state index >= 15 is 0 Å². The number of hydrogen-bond acceptors (Lipinski definition) is 5. The van der Waals surface area contributed by atoms with Gasteiger partial charge in [0.05, 0.1) is 5.56 Å². The van der Waals surface area contributed by atoms with Gasteiger partial charge in [0, 0.05) is 11.6 Å². The van der Waals surface area contributed by atoms with Gasteiger partial charge in [-0.3, -0.25) is 19.7 Å². The molecule has 1 aliphatic rings. The number of esters is 1. The van der Waals surface area contributed by atoms with Crippen molar-refractivity contribution in [2.45, 2.75) is 25.1 Å². The Bertz CT molecular complexity index is 730. The van der Waals surface area contributed by atoms with Crippen LogP contribution in [-0.2, 0) is 20.5 Å². The average molecular weight is 387 g/mol. The number of carbonyl (C=O) groups is 4. The van der Waals surface area contributed by atoms with Crippen LogP contribution in [0.25, 0.3) is 0 Å². The highest BCUT2D eigenvalue weighted by molar-refractivity contribution is 5.97. The van der Waals surface area contributed by atoms with Crippen molar-refractivity contribution in [2.24, 2.45) is 0 Å². The SMILES string of the molecule is O=C(COC(=O)CNC(=O)c1ccc(C(F)(F)F)cc1)NC(=O)NC1CC1. The first-order chi connectivity index (χ1) is 12.6. The Labute approximate surface area is 151 Å². The van der Waals surface area contributed by atoms with E-state index in [0.29, 0.717) is 0 Å². The summed E-state index contributed by atoms with van der Waals surface area (Å²) in [5, 5.41) is 6.62. The number of nitrogens with one attached hydrogen (secondary N) is 3. The van der Waals surface area contributed by atoms with Gasteiger partial charge in [-0.05, 0) is 37.1 Å². The van der Waals surface area contributed by atoms with Crippen molar-refractivity contribution in [1.82, 2.24) is 16.0 Å². The fourth-order valence-electron chi connectivity index (χ4n) is 1.87. The number of benzene rings is 1. The second-order valence-electron chi connectivity index (χ2n) is 5.71. The minimum Gasteiger partial charge on any atom is -0.454 e. The number of imide groups is 1. The van der Waals surface area contributed by atoms with Gasteiger partial charge in [0.1, 0.15) is 6.54 Å². The molecule has 1 aliphatic carbocycles. The summed E-state index contributed by atoms with van der Waals surface area (Å²) >= 11 is 0. The Balaban J connectivity index is 1.69. The van der Waals surface area contributed by atoms with E-state index in [1.165, 1.54) is 0 Å². The highest BCUT2D eigenvalue weighted by Crippen LogP contribution is 2.29. The van der Waals surface area contributed by atoms with Crippen LogP contribution in [0, 0.1) is 0 Å². The molecule has 0 saturated heterocycles. The fourth-order valence-corrected chi connectivity index (χ4v) is 1.87. The van der Waals surface area contributed by atoms with E-state index in [0.717, 1.165) is 37.1 Å². The summed E-state index contributed by atoms with van der Waals surface area (Å²) in [6.07, 6.45) is -2.83. The Hall–Kier alpha value is -3.11. The second kappa shape index (κ2) is 8.52. The summed E-state index contributed by atoms with van der Waals surface area (Å²) in [4.78, 5) is 45.9. The quantitative estimate of drug-likeness (QED) is 0.630. The lowest BCUT2D eigenvalue weighted by atomic mass is 10.1. The summed E-state index contributed by atoms with van der Waals surface area (Å²) in [6, 6.07) is 2.79. The molecule has 146 valence electrons. The molecule has 0 aromatic heterocycles. The largest absolute Gasteiger partial charge is 0.454 e. The van der Waals surface area contributed by atoms with E-state index in [9.17, 15) is 32.3 Å². The van der Waals surface area contributed by atoms with Gasteiger partial charge in [0.2, 0.25) is 0 Å². The molecular weight excluding hydrogens is 371 g/mol. The molecule has 4 amide bonds. The normalized spacial score (nSPS) is 13.4. The molecule has 1 saturated carbocycles. The predicted molar refractivity (Wildman–Crippen MR) is 84.4 cm³/mol. The number of urea groups is 1. The maximum Gasteiger partial charge on any atom is 0.416 e. The maximum atomic E-state index is 12.4. The zero-order valence-electron chi connectivity index (χ0n) is 13.9. The lowest BCUT2D eigenvalue weighted by molar-refractivity contribution is -0.147. The van der Waals surface area contributed by atoms with Gasteiger partial charge in [0.25, 0.3) is 11.8 Å². The number of hydrogen-bond donors (Lipinski definition) is 3. The van der Waals surface area contributed by atoms with Gasteiger partial charge in [-0.2, -0.15) is 13.2 Å². The highest BCUT2D eigenvalue weighted by atomic mass is 19.4. The van der Waals surface area contributed by atoms with Gasteiger partial charge in [0.15, 0.2) is 6.61 Å². The first-order valence-electron chi connectivity index (χ1n) is 7.86. The lowest BCUT2D eigenvalue weighted by Gasteiger charge is -2.09. The molecule has 11 heteroatoms. The first-order valence-corrected chi connectivity index (χ1v) is 7.86. The standard InChI is InChI=1S/C16H16F3N3O5/c17-16(18,19)10-3-1-9(2-4-10)14(25)20-7-13(24)27-8-12(23)22-15(26)21-11-5-6-11/h1-4,11H,5-8H2,(H,20,25)(H2,21,22,23,26). The predicted octanol–water partition coefficient (Wildman–Crippen LogP) is 0.967. The third kappa shape index (κ3) is 6.96. The molecule has 0 atom stereocenters. The molecule has 0 radical (unpaired) electrons. The van der Waals surface area contributed by atoms with Crippen molar-refractivity contribution in [3.8, 4) is 0 Å². The number of ether oxygens (including phenoxy) is 1. The monoisotopic (exact) mass is 387 g/mol. The third-order valence-electron chi connectivity index (χ3n) is 3.40. The molecular formula is C16H16F3N3O5. The van der Waals surface area contributed by atoms with Crippen LogP contribution in [-0.4, -0.2) is 43.0 Å². The Morgan fingerprint density at radius 3 is 2.26 bits per heavy atom. The summed E-state index contributed by atoms with van der Waals surface area (Å²) in [7, 11) is 0. The van der Waals surface area contributed by atoms with Gasteiger partial charge in [-0.25, -0.2) is 4.79 Å². The Morgan fingerprint density at radius 2 is 1.70 bits per heavy atom. The number of rotatable bonds is 6. The molecule has 0 bridgehead atoms. The summed E-state index contributed by atoms with van der Waals surface area (Å²) in [5.74, 6) is -2.57. The zero-order chi connectivity index (χ0) is 20.0. The van der Waals surface area contributed by atoms with Crippen molar-refractivity contribution in [3.63, 3.8) is 0 Å². The molecule has 1 aromatic rings. The number of halogens is 3. The highest BCUT2D eigenvalue weighted by Gasteiger charge is 2.30. The average Bonchev–Trinajstić information content (AvgIpc) is 3.41. The van der Waals surface area contributed by atoms with Crippen molar-refractivity contribution < 1.29 is 37.1 Å². The minimum atomic E-state index is -4.52. The van der Waals surface area contributed by atoms with E-state index in [2.05, 4.69) is 15.4 Å². The molecule has 2 rings (SSSR count). The van der Waals surface area contributed by atoms with Crippen molar-refractivity contribution in [3.05, 3.63) is 35.4 Å². The Kier molecular flexibility index (Phi) is 6.37. The van der Waals surface area contributed by atoms with Crippen LogP contribution in [0.15, 0.2) is 24.3 Å². The van der Waals surface area contributed by atoms with Crippen LogP contribution in [0.3, 0.4) is 0 Å². The van der Waals surface area contributed by atoms with Gasteiger partial charge in [-0.15, -0.1) is 0 Å². The molecule has 0 heterocycles. The summed E-state index contributed by atoms with van der Waals surface area (Å²) in [6.45, 7) is -1.31. The topological polar surface area (TPSA) is 114 Å². The summed E-state index contributed by atoms with van der Waals surface area (Å²) < 4.78 is 41.9. The van der Waals surface area contributed by atoms with Gasteiger partial charge >= 0.3 is 18.2 Å². The van der Waals surface area contributed by atoms with Crippen LogP contribution in [0.2, 0.25) is 0 Å². The zero-order valence-corrected chi connectivity index (χ0v) is 13.9. The van der Waals surface area contributed by atoms with Crippen molar-refractivity contribution in [2.75, 3.05) is 13.2 Å². The minimum absolute atomic E-state index is 0.0563. The smallest absolute Gasteiger partial charge is 0.416 e. The van der Waals surface area contributed by atoms with E-state index in [1.807, 2.05) is 5.32 Å². The van der Waals surface area contributed by atoms with E-state index in [1.54, 1.807) is 0 Å². The first kappa shape index (κ1) is 20.2. The second-order valence-corrected chi connectivity index (χ2v) is 5.71. The van der Waals surface area contributed by atoms with Crippen LogP contribution in [0.4, 0.5) is 18.0 Å². The maximum absolute atomic E-state index is 12.4. The molecule has 0 spiro atoms. The molecule has 0 unspecified atom stereocenters. The third-order valence-corrected chi connectivity index (χ3v) is 3.40.